The van der Waals surface area contributed by atoms with E-state index < -0.39 is 0 Å². The van der Waals surface area contributed by atoms with Gasteiger partial charge in [0.2, 0.25) is 5.91 Å². The van der Waals surface area contributed by atoms with E-state index in [1.165, 1.54) is 0 Å². The molecule has 2 saturated heterocycles. The first-order chi connectivity index (χ1) is 13.7. The lowest BCUT2D eigenvalue weighted by Gasteiger charge is -2.37. The number of carbonyl (C=O) groups excluding carboxylic acids is 2. The van der Waals surface area contributed by atoms with Crippen molar-refractivity contribution >= 4 is 29.9 Å². The first-order valence-electron chi connectivity index (χ1n) is 9.74. The molecule has 2 fully saturated rings. The Kier molecular flexibility index (Phi) is 6.77. The average Bonchev–Trinajstić information content (AvgIpc) is 3.19. The Morgan fingerprint density at radius 3 is 2.72 bits per heavy atom. The maximum absolute atomic E-state index is 13.4. The molecule has 0 aliphatic carbocycles. The van der Waals surface area contributed by atoms with Gasteiger partial charge in [-0.1, -0.05) is 24.3 Å². The van der Waals surface area contributed by atoms with Crippen LogP contribution in [0.25, 0.3) is 0 Å². The second-order valence-corrected chi connectivity index (χ2v) is 7.16. The average molecular weight is 416 g/mol. The van der Waals surface area contributed by atoms with Gasteiger partial charge in [-0.2, -0.15) is 0 Å². The highest BCUT2D eigenvalue weighted by molar-refractivity contribution is 5.99. The highest BCUT2D eigenvalue weighted by Gasteiger charge is 2.31. The molecule has 1 unspecified atom stereocenters. The maximum Gasteiger partial charge on any atom is 0.254 e. The highest BCUT2D eigenvalue weighted by atomic mass is 35.5. The van der Waals surface area contributed by atoms with Crippen LogP contribution in [0.2, 0.25) is 0 Å². The topological polar surface area (TPSA) is 61.9 Å². The minimum Gasteiger partial charge on any atom is -0.496 e. The standard InChI is InChI=1S/C22H25N3O3.ClH/c1-28-20-9-3-2-8-18(20)19-15-23-11-13-25(19)22(27)16-6-4-7-17(14-16)24-12-5-10-21(24)26;/h2-4,6-9,14,19,23H,5,10-13,15H2,1H3;1H. The van der Waals surface area contributed by atoms with E-state index in [2.05, 4.69) is 5.32 Å². The van der Waals surface area contributed by atoms with Crippen molar-refractivity contribution in [3.05, 3.63) is 59.7 Å². The summed E-state index contributed by atoms with van der Waals surface area (Å²) in [5.41, 5.74) is 2.41. The Labute approximate surface area is 177 Å². The second-order valence-electron chi connectivity index (χ2n) is 7.16. The summed E-state index contributed by atoms with van der Waals surface area (Å²) in [6, 6.07) is 15.2. The van der Waals surface area contributed by atoms with Crippen LogP contribution < -0.4 is 15.0 Å². The molecule has 2 aliphatic heterocycles. The summed E-state index contributed by atoms with van der Waals surface area (Å²) in [6.45, 7) is 2.76. The fraction of sp³-hybridized carbons (Fsp3) is 0.364. The van der Waals surface area contributed by atoms with Gasteiger partial charge >= 0.3 is 0 Å². The van der Waals surface area contributed by atoms with E-state index in [0.29, 0.717) is 31.6 Å². The van der Waals surface area contributed by atoms with Crippen molar-refractivity contribution < 1.29 is 14.3 Å². The molecule has 4 rings (SSSR count). The van der Waals surface area contributed by atoms with Crippen molar-refractivity contribution in [1.82, 2.24) is 10.2 Å². The minimum absolute atomic E-state index is 0. The molecule has 0 spiro atoms. The Morgan fingerprint density at radius 2 is 1.97 bits per heavy atom. The molecule has 1 N–H and O–H groups in total. The molecule has 29 heavy (non-hydrogen) atoms. The Balaban J connectivity index is 0.00000240. The quantitative estimate of drug-likeness (QED) is 0.833. The van der Waals surface area contributed by atoms with Crippen molar-refractivity contribution in [2.75, 3.05) is 38.2 Å². The number of piperazine rings is 1. The summed E-state index contributed by atoms with van der Waals surface area (Å²) < 4.78 is 5.52. The first-order valence-corrected chi connectivity index (χ1v) is 9.74. The lowest BCUT2D eigenvalue weighted by molar-refractivity contribution is -0.117. The van der Waals surface area contributed by atoms with Gasteiger partial charge in [0.05, 0.1) is 13.2 Å². The minimum atomic E-state index is -0.102. The van der Waals surface area contributed by atoms with Gasteiger partial charge in [0.15, 0.2) is 0 Å². The molecule has 0 aromatic heterocycles. The highest BCUT2D eigenvalue weighted by Crippen LogP contribution is 2.32. The number of nitrogens with one attached hydrogen (secondary N) is 1. The van der Waals surface area contributed by atoms with E-state index >= 15 is 0 Å². The molecule has 2 aromatic rings. The van der Waals surface area contributed by atoms with Gasteiger partial charge < -0.3 is 19.9 Å². The molecule has 0 radical (unpaired) electrons. The molecule has 2 amide bonds. The SMILES string of the molecule is COc1ccccc1C1CNCCN1C(=O)c1cccc(N2CCCC2=O)c1.Cl. The number of para-hydroxylation sites is 1. The summed E-state index contributed by atoms with van der Waals surface area (Å²) >= 11 is 0. The van der Waals surface area contributed by atoms with Gasteiger partial charge in [0.1, 0.15) is 5.75 Å². The van der Waals surface area contributed by atoms with Crippen LogP contribution in [0.4, 0.5) is 5.69 Å². The van der Waals surface area contributed by atoms with Gasteiger partial charge in [0, 0.05) is 49.4 Å². The Hall–Kier alpha value is -2.57. The molecular formula is C22H26ClN3O3. The van der Waals surface area contributed by atoms with Gasteiger partial charge in [-0.3, -0.25) is 9.59 Å². The Bertz CT molecular complexity index is 889. The van der Waals surface area contributed by atoms with Crippen LogP contribution in [-0.4, -0.2) is 50.0 Å². The van der Waals surface area contributed by atoms with Crippen LogP contribution in [0.1, 0.15) is 34.8 Å². The van der Waals surface area contributed by atoms with Gasteiger partial charge in [0.25, 0.3) is 5.91 Å². The summed E-state index contributed by atoms with van der Waals surface area (Å²) in [5.74, 6) is 0.884. The van der Waals surface area contributed by atoms with E-state index in [-0.39, 0.29) is 30.3 Å². The molecule has 7 heteroatoms. The number of anilines is 1. The van der Waals surface area contributed by atoms with Crippen molar-refractivity contribution in [2.45, 2.75) is 18.9 Å². The van der Waals surface area contributed by atoms with Crippen LogP contribution in [0.5, 0.6) is 5.75 Å². The van der Waals surface area contributed by atoms with Crippen LogP contribution in [0.15, 0.2) is 48.5 Å². The maximum atomic E-state index is 13.4. The third-order valence-corrected chi connectivity index (χ3v) is 5.48. The molecule has 2 aliphatic rings. The third kappa shape index (κ3) is 4.23. The number of rotatable bonds is 4. The summed E-state index contributed by atoms with van der Waals surface area (Å²) in [6.07, 6.45) is 1.44. The normalized spacial score (nSPS) is 19.1. The van der Waals surface area contributed by atoms with Crippen molar-refractivity contribution in [3.63, 3.8) is 0 Å². The number of benzene rings is 2. The van der Waals surface area contributed by atoms with E-state index in [9.17, 15) is 9.59 Å². The largest absolute Gasteiger partial charge is 0.496 e. The number of nitrogens with zero attached hydrogens (tertiary/aromatic N) is 2. The van der Waals surface area contributed by atoms with Crippen LogP contribution in [0, 0.1) is 0 Å². The predicted molar refractivity (Wildman–Crippen MR) is 115 cm³/mol. The van der Waals surface area contributed by atoms with E-state index in [4.69, 9.17) is 4.74 Å². The molecule has 0 saturated carbocycles. The van der Waals surface area contributed by atoms with Gasteiger partial charge in [-0.15, -0.1) is 12.4 Å². The molecule has 154 valence electrons. The molecule has 1 atom stereocenters. The monoisotopic (exact) mass is 415 g/mol. The van der Waals surface area contributed by atoms with Crippen LogP contribution >= 0.6 is 12.4 Å². The number of halogens is 1. The smallest absolute Gasteiger partial charge is 0.254 e. The Morgan fingerprint density at radius 1 is 1.14 bits per heavy atom. The zero-order chi connectivity index (χ0) is 19.5. The predicted octanol–water partition coefficient (Wildman–Crippen LogP) is 3.03. The number of amides is 2. The lowest BCUT2D eigenvalue weighted by Crippen LogP contribution is -2.48. The van der Waals surface area contributed by atoms with Crippen molar-refractivity contribution in [3.8, 4) is 5.75 Å². The van der Waals surface area contributed by atoms with Crippen molar-refractivity contribution in [1.29, 1.82) is 0 Å². The summed E-state index contributed by atoms with van der Waals surface area (Å²) in [7, 11) is 1.65. The fourth-order valence-electron chi connectivity index (χ4n) is 4.06. The number of methoxy groups -OCH3 is 1. The van der Waals surface area contributed by atoms with Gasteiger partial charge in [-0.25, -0.2) is 0 Å². The third-order valence-electron chi connectivity index (χ3n) is 5.48. The van der Waals surface area contributed by atoms with E-state index in [1.807, 2.05) is 53.4 Å². The zero-order valence-corrected chi connectivity index (χ0v) is 17.3. The van der Waals surface area contributed by atoms with Crippen LogP contribution in [-0.2, 0) is 4.79 Å². The first kappa shape index (κ1) is 21.1. The molecule has 0 bridgehead atoms. The molecule has 2 aromatic carbocycles. The summed E-state index contributed by atoms with van der Waals surface area (Å²) in [4.78, 5) is 29.1. The van der Waals surface area contributed by atoms with Crippen molar-refractivity contribution in [2.24, 2.45) is 0 Å². The van der Waals surface area contributed by atoms with E-state index in [1.54, 1.807) is 12.0 Å². The summed E-state index contributed by atoms with van der Waals surface area (Å²) in [5, 5.41) is 3.38. The lowest BCUT2D eigenvalue weighted by atomic mass is 10.0. The zero-order valence-electron chi connectivity index (χ0n) is 16.5. The van der Waals surface area contributed by atoms with E-state index in [0.717, 1.165) is 30.0 Å². The molecule has 6 nitrogen and oxygen atoms in total. The number of hydrogen-bond donors (Lipinski definition) is 1. The number of ether oxygens (including phenoxy) is 1. The number of carbonyl (C=O) groups is 2. The van der Waals surface area contributed by atoms with Gasteiger partial charge in [-0.05, 0) is 30.7 Å². The molecule has 2 heterocycles. The van der Waals surface area contributed by atoms with Crippen LogP contribution in [0.3, 0.4) is 0 Å². The molecular weight excluding hydrogens is 390 g/mol. The number of hydrogen-bond acceptors (Lipinski definition) is 4. The fourth-order valence-corrected chi connectivity index (χ4v) is 4.06. The second kappa shape index (κ2) is 9.29.